The van der Waals surface area contributed by atoms with Gasteiger partial charge in [0, 0.05) is 13.1 Å². The first kappa shape index (κ1) is 11.3. The molecule has 6 heteroatoms. The van der Waals surface area contributed by atoms with Crippen LogP contribution in [-0.2, 0) is 6.61 Å². The van der Waals surface area contributed by atoms with Crippen LogP contribution in [0.4, 0.5) is 5.95 Å². The van der Waals surface area contributed by atoms with Crippen LogP contribution >= 0.6 is 0 Å². The largest absolute Gasteiger partial charge is 0.388 e. The molecule has 0 saturated carbocycles. The van der Waals surface area contributed by atoms with E-state index in [4.69, 9.17) is 10.8 Å². The molecule has 16 heavy (non-hydrogen) atoms. The molecule has 4 N–H and O–H groups in total. The third-order valence-corrected chi connectivity index (χ3v) is 3.23. The second-order valence-corrected chi connectivity index (χ2v) is 4.78. The van der Waals surface area contributed by atoms with Crippen molar-refractivity contribution in [3.63, 3.8) is 0 Å². The van der Waals surface area contributed by atoms with E-state index in [0.717, 1.165) is 25.9 Å². The summed E-state index contributed by atoms with van der Waals surface area (Å²) in [5.74, 6) is 1.18. The number of rotatable bonds is 3. The number of anilines is 1. The molecule has 0 spiro atoms. The van der Waals surface area contributed by atoms with E-state index in [1.807, 2.05) is 0 Å². The molecule has 0 radical (unpaired) electrons. The smallest absolute Gasteiger partial charge is 0.244 e. The number of nitrogens with zero attached hydrogens (tertiary/aromatic N) is 3. The Hall–Kier alpha value is -1.14. The Morgan fingerprint density at radius 2 is 2.44 bits per heavy atom. The summed E-state index contributed by atoms with van der Waals surface area (Å²) in [5, 5.41) is 15.7. The van der Waals surface area contributed by atoms with Gasteiger partial charge in [0.2, 0.25) is 5.95 Å². The zero-order valence-corrected chi connectivity index (χ0v) is 9.61. The highest BCUT2D eigenvalue weighted by Gasteiger charge is 2.31. The van der Waals surface area contributed by atoms with E-state index in [1.165, 1.54) is 0 Å². The van der Waals surface area contributed by atoms with Gasteiger partial charge in [-0.05, 0) is 24.8 Å². The van der Waals surface area contributed by atoms with Crippen molar-refractivity contribution in [3.8, 4) is 0 Å². The second-order valence-electron chi connectivity index (χ2n) is 4.78. The van der Waals surface area contributed by atoms with Crippen molar-refractivity contribution in [1.29, 1.82) is 0 Å². The van der Waals surface area contributed by atoms with Gasteiger partial charge in [0.05, 0.1) is 0 Å². The van der Waals surface area contributed by atoms with Crippen LogP contribution in [-0.4, -0.2) is 39.9 Å². The Morgan fingerprint density at radius 3 is 3.06 bits per heavy atom. The standard InChI is InChI=1S/C10H19N5O/c1-10(6-11)3-2-4-15(7-10)9-12-8(5-16)13-14-9/h16H,2-7,11H2,1H3,(H,12,13,14). The van der Waals surface area contributed by atoms with E-state index in [-0.39, 0.29) is 12.0 Å². The van der Waals surface area contributed by atoms with Crippen LogP contribution in [0.15, 0.2) is 0 Å². The first-order chi connectivity index (χ1) is 7.67. The molecule has 2 heterocycles. The third-order valence-electron chi connectivity index (χ3n) is 3.23. The van der Waals surface area contributed by atoms with Gasteiger partial charge >= 0.3 is 0 Å². The lowest BCUT2D eigenvalue weighted by atomic mass is 9.82. The average Bonchev–Trinajstić information content (AvgIpc) is 2.78. The van der Waals surface area contributed by atoms with Gasteiger partial charge in [-0.15, -0.1) is 5.10 Å². The Balaban J connectivity index is 2.09. The number of aromatic amines is 1. The van der Waals surface area contributed by atoms with Crippen molar-refractivity contribution in [2.45, 2.75) is 26.4 Å². The number of hydrogen-bond acceptors (Lipinski definition) is 5. The Labute approximate surface area is 94.9 Å². The molecular formula is C10H19N5O. The van der Waals surface area contributed by atoms with E-state index in [2.05, 4.69) is 27.0 Å². The highest BCUT2D eigenvalue weighted by Crippen LogP contribution is 2.29. The molecule has 1 aromatic heterocycles. The summed E-state index contributed by atoms with van der Waals surface area (Å²) in [4.78, 5) is 6.35. The molecule has 1 saturated heterocycles. The van der Waals surface area contributed by atoms with Crippen LogP contribution in [0, 0.1) is 5.41 Å². The van der Waals surface area contributed by atoms with Crippen LogP contribution in [0.5, 0.6) is 0 Å². The summed E-state index contributed by atoms with van der Waals surface area (Å²) in [5.41, 5.74) is 5.94. The molecule has 1 fully saturated rings. The summed E-state index contributed by atoms with van der Waals surface area (Å²) in [7, 11) is 0. The molecular weight excluding hydrogens is 206 g/mol. The summed E-state index contributed by atoms with van der Waals surface area (Å²) in [6.45, 7) is 4.61. The number of piperidine rings is 1. The van der Waals surface area contributed by atoms with Crippen molar-refractivity contribution in [2.24, 2.45) is 11.1 Å². The first-order valence-corrected chi connectivity index (χ1v) is 5.64. The molecule has 0 bridgehead atoms. The fourth-order valence-electron chi connectivity index (χ4n) is 2.15. The van der Waals surface area contributed by atoms with Gasteiger partial charge in [-0.1, -0.05) is 6.92 Å². The van der Waals surface area contributed by atoms with E-state index in [9.17, 15) is 0 Å². The summed E-state index contributed by atoms with van der Waals surface area (Å²) < 4.78 is 0. The molecule has 0 aromatic carbocycles. The average molecular weight is 225 g/mol. The Morgan fingerprint density at radius 1 is 1.62 bits per heavy atom. The normalized spacial score (nSPS) is 26.1. The van der Waals surface area contributed by atoms with Crippen LogP contribution in [0.25, 0.3) is 0 Å². The zero-order valence-electron chi connectivity index (χ0n) is 9.61. The van der Waals surface area contributed by atoms with E-state index >= 15 is 0 Å². The fraction of sp³-hybridized carbons (Fsp3) is 0.800. The van der Waals surface area contributed by atoms with E-state index in [1.54, 1.807) is 0 Å². The van der Waals surface area contributed by atoms with Gasteiger partial charge in [0.1, 0.15) is 6.61 Å². The summed E-state index contributed by atoms with van der Waals surface area (Å²) in [6.07, 6.45) is 2.26. The Kier molecular flexibility index (Phi) is 3.11. The van der Waals surface area contributed by atoms with Crippen LogP contribution in [0.3, 0.4) is 0 Å². The third kappa shape index (κ3) is 2.17. The summed E-state index contributed by atoms with van der Waals surface area (Å²) >= 11 is 0. The molecule has 1 aliphatic heterocycles. The number of aliphatic hydroxyl groups excluding tert-OH is 1. The maximum atomic E-state index is 8.93. The maximum absolute atomic E-state index is 8.93. The van der Waals surface area contributed by atoms with Crippen molar-refractivity contribution in [2.75, 3.05) is 24.5 Å². The lowest BCUT2D eigenvalue weighted by Crippen LogP contribution is -2.46. The highest BCUT2D eigenvalue weighted by atomic mass is 16.3. The van der Waals surface area contributed by atoms with Crippen molar-refractivity contribution in [3.05, 3.63) is 5.82 Å². The number of H-pyrrole nitrogens is 1. The van der Waals surface area contributed by atoms with Gasteiger partial charge in [-0.2, -0.15) is 4.98 Å². The molecule has 1 aromatic rings. The minimum Gasteiger partial charge on any atom is -0.388 e. The van der Waals surface area contributed by atoms with Gasteiger partial charge in [0.25, 0.3) is 0 Å². The predicted octanol–water partition coefficient (Wildman–Crippen LogP) is -0.138. The van der Waals surface area contributed by atoms with Crippen molar-refractivity contribution < 1.29 is 5.11 Å². The number of aromatic nitrogens is 3. The Bertz CT molecular complexity index is 353. The second kappa shape index (κ2) is 4.39. The minimum absolute atomic E-state index is 0.102. The van der Waals surface area contributed by atoms with E-state index in [0.29, 0.717) is 18.3 Å². The van der Waals surface area contributed by atoms with Gasteiger partial charge in [-0.3, -0.25) is 5.10 Å². The van der Waals surface area contributed by atoms with Crippen LogP contribution < -0.4 is 10.6 Å². The van der Waals surface area contributed by atoms with Crippen LogP contribution in [0.1, 0.15) is 25.6 Å². The highest BCUT2D eigenvalue weighted by molar-refractivity contribution is 5.30. The fourth-order valence-corrected chi connectivity index (χ4v) is 2.15. The molecule has 0 amide bonds. The topological polar surface area (TPSA) is 91.1 Å². The first-order valence-electron chi connectivity index (χ1n) is 5.64. The molecule has 90 valence electrons. The quantitative estimate of drug-likeness (QED) is 0.666. The number of nitrogens with one attached hydrogen (secondary N) is 1. The van der Waals surface area contributed by atoms with E-state index < -0.39 is 0 Å². The number of nitrogens with two attached hydrogens (primary N) is 1. The molecule has 1 unspecified atom stereocenters. The molecule has 1 aliphatic rings. The van der Waals surface area contributed by atoms with Crippen molar-refractivity contribution >= 4 is 5.95 Å². The van der Waals surface area contributed by atoms with Gasteiger partial charge in [-0.25, -0.2) is 0 Å². The van der Waals surface area contributed by atoms with Gasteiger partial charge < -0.3 is 15.7 Å². The van der Waals surface area contributed by atoms with Crippen molar-refractivity contribution in [1.82, 2.24) is 15.2 Å². The summed E-state index contributed by atoms with van der Waals surface area (Å²) in [6, 6.07) is 0. The molecule has 0 aliphatic carbocycles. The maximum Gasteiger partial charge on any atom is 0.244 e. The molecule has 1 atom stereocenters. The minimum atomic E-state index is -0.102. The lowest BCUT2D eigenvalue weighted by molar-refractivity contribution is 0.268. The van der Waals surface area contributed by atoms with Gasteiger partial charge in [0.15, 0.2) is 5.82 Å². The molecule has 2 rings (SSSR count). The monoisotopic (exact) mass is 225 g/mol. The van der Waals surface area contributed by atoms with Crippen LogP contribution in [0.2, 0.25) is 0 Å². The SMILES string of the molecule is CC1(CN)CCCN(c2n[nH]c(CO)n2)C1. The molecule has 6 nitrogen and oxygen atoms in total. The number of aliphatic hydroxyl groups is 1. The number of hydrogen-bond donors (Lipinski definition) is 3. The lowest BCUT2D eigenvalue weighted by Gasteiger charge is -2.39. The predicted molar refractivity (Wildman–Crippen MR) is 60.9 cm³/mol. The zero-order chi connectivity index (χ0) is 11.6.